The molecule has 0 atom stereocenters. The first-order valence-electron chi connectivity index (χ1n) is 8.78. The number of fused-ring (bicyclic) bond motifs is 1. The minimum absolute atomic E-state index is 0.00517. The number of amides is 1. The number of ether oxygens (including phenoxy) is 2. The van der Waals surface area contributed by atoms with Crippen molar-refractivity contribution in [3.05, 3.63) is 42.5 Å². The van der Waals surface area contributed by atoms with Crippen molar-refractivity contribution in [2.24, 2.45) is 0 Å². The third-order valence-electron chi connectivity index (χ3n) is 3.79. The van der Waals surface area contributed by atoms with Crippen molar-refractivity contribution in [3.8, 4) is 11.5 Å². The zero-order chi connectivity index (χ0) is 19.1. The van der Waals surface area contributed by atoms with Crippen LogP contribution in [0.1, 0.15) is 19.8 Å². The SMILES string of the molecule is CCOc1ccc2nc(NC(=O)CCCSc3ccc(OC)cc3)sc2c1. The van der Waals surface area contributed by atoms with Gasteiger partial charge >= 0.3 is 0 Å². The minimum atomic E-state index is -0.00517. The molecule has 0 fully saturated rings. The molecule has 0 aliphatic heterocycles. The molecule has 1 aromatic heterocycles. The number of nitrogens with one attached hydrogen (secondary N) is 1. The van der Waals surface area contributed by atoms with E-state index in [9.17, 15) is 4.79 Å². The summed E-state index contributed by atoms with van der Waals surface area (Å²) < 4.78 is 11.7. The van der Waals surface area contributed by atoms with Gasteiger partial charge in [-0.3, -0.25) is 4.79 Å². The fourth-order valence-electron chi connectivity index (χ4n) is 2.49. The summed E-state index contributed by atoms with van der Waals surface area (Å²) in [4.78, 5) is 17.8. The monoisotopic (exact) mass is 402 g/mol. The topological polar surface area (TPSA) is 60.5 Å². The maximum absolute atomic E-state index is 12.2. The lowest BCUT2D eigenvalue weighted by atomic mass is 10.3. The Kier molecular flexibility index (Phi) is 6.95. The highest BCUT2D eigenvalue weighted by Crippen LogP contribution is 2.29. The van der Waals surface area contributed by atoms with Crippen molar-refractivity contribution in [1.82, 2.24) is 4.98 Å². The molecule has 0 saturated carbocycles. The number of hydrogen-bond donors (Lipinski definition) is 1. The summed E-state index contributed by atoms with van der Waals surface area (Å²) in [6, 6.07) is 13.7. The first-order chi connectivity index (χ1) is 13.2. The van der Waals surface area contributed by atoms with E-state index in [-0.39, 0.29) is 5.91 Å². The molecule has 1 N–H and O–H groups in total. The molecule has 3 aromatic rings. The molecule has 0 radical (unpaired) electrons. The van der Waals surface area contributed by atoms with Crippen molar-refractivity contribution >= 4 is 44.4 Å². The molecule has 0 saturated heterocycles. The summed E-state index contributed by atoms with van der Waals surface area (Å²) in [5.41, 5.74) is 0.869. The Balaban J connectivity index is 1.45. The number of hydrogen-bond acceptors (Lipinski definition) is 6. The molecule has 0 aliphatic carbocycles. The molecule has 142 valence electrons. The van der Waals surface area contributed by atoms with E-state index in [4.69, 9.17) is 9.47 Å². The van der Waals surface area contributed by atoms with Gasteiger partial charge in [-0.05, 0) is 61.6 Å². The lowest BCUT2D eigenvalue weighted by Crippen LogP contribution is -2.11. The smallest absolute Gasteiger partial charge is 0.226 e. The lowest BCUT2D eigenvalue weighted by molar-refractivity contribution is -0.116. The summed E-state index contributed by atoms with van der Waals surface area (Å²) in [5, 5.41) is 3.53. The van der Waals surface area contributed by atoms with E-state index in [0.717, 1.165) is 33.9 Å². The van der Waals surface area contributed by atoms with E-state index in [0.29, 0.717) is 18.2 Å². The number of anilines is 1. The summed E-state index contributed by atoms with van der Waals surface area (Å²) in [6.07, 6.45) is 1.28. The number of benzene rings is 2. The molecule has 27 heavy (non-hydrogen) atoms. The molecule has 0 unspecified atom stereocenters. The summed E-state index contributed by atoms with van der Waals surface area (Å²) in [6.45, 7) is 2.58. The summed E-state index contributed by atoms with van der Waals surface area (Å²) in [5.74, 6) is 2.55. The molecule has 5 nitrogen and oxygen atoms in total. The largest absolute Gasteiger partial charge is 0.497 e. The molecule has 3 rings (SSSR count). The third-order valence-corrected chi connectivity index (χ3v) is 5.83. The van der Waals surface area contributed by atoms with Crippen molar-refractivity contribution in [1.29, 1.82) is 0 Å². The number of nitrogens with zero attached hydrogens (tertiary/aromatic N) is 1. The van der Waals surface area contributed by atoms with E-state index < -0.39 is 0 Å². The van der Waals surface area contributed by atoms with E-state index in [1.807, 2.05) is 49.4 Å². The van der Waals surface area contributed by atoms with Gasteiger partial charge in [-0.15, -0.1) is 11.8 Å². The van der Waals surface area contributed by atoms with Crippen LogP contribution >= 0.6 is 23.1 Å². The lowest BCUT2D eigenvalue weighted by Gasteiger charge is -2.04. The zero-order valence-corrected chi connectivity index (χ0v) is 17.0. The van der Waals surface area contributed by atoms with Crippen molar-refractivity contribution < 1.29 is 14.3 Å². The van der Waals surface area contributed by atoms with E-state index in [1.54, 1.807) is 18.9 Å². The molecule has 0 spiro atoms. The van der Waals surface area contributed by atoms with Gasteiger partial charge in [-0.25, -0.2) is 4.98 Å². The Labute approximate surface area is 167 Å². The Morgan fingerprint density at radius 3 is 2.70 bits per heavy atom. The number of rotatable bonds is 9. The van der Waals surface area contributed by atoms with E-state index in [1.165, 1.54) is 16.2 Å². The third kappa shape index (κ3) is 5.61. The van der Waals surface area contributed by atoms with Crippen LogP contribution in [0.15, 0.2) is 47.4 Å². The number of carbonyl (C=O) groups is 1. The summed E-state index contributed by atoms with van der Waals surface area (Å²) in [7, 11) is 1.66. The van der Waals surface area contributed by atoms with Gasteiger partial charge < -0.3 is 14.8 Å². The number of thioether (sulfide) groups is 1. The summed E-state index contributed by atoms with van der Waals surface area (Å²) >= 11 is 3.20. The first kappa shape index (κ1) is 19.5. The van der Waals surface area contributed by atoms with Gasteiger partial charge in [0, 0.05) is 11.3 Å². The standard InChI is InChI=1S/C20H22N2O3S2/c1-3-25-15-8-11-17-18(13-15)27-20(21-17)22-19(23)5-4-12-26-16-9-6-14(24-2)7-10-16/h6-11,13H,3-5,12H2,1-2H3,(H,21,22,23). The van der Waals surface area contributed by atoms with E-state index >= 15 is 0 Å². The average Bonchev–Trinajstić information content (AvgIpc) is 3.07. The van der Waals surface area contributed by atoms with Crippen LogP contribution in [0.5, 0.6) is 11.5 Å². The van der Waals surface area contributed by atoms with E-state index in [2.05, 4.69) is 10.3 Å². The first-order valence-corrected chi connectivity index (χ1v) is 10.6. The second kappa shape index (κ2) is 9.62. The van der Waals surface area contributed by atoms with Crippen molar-refractivity contribution in [2.75, 3.05) is 24.8 Å². The molecule has 0 aliphatic rings. The van der Waals surface area contributed by atoms with Crippen LogP contribution in [-0.2, 0) is 4.79 Å². The second-order valence-corrected chi connectivity index (χ2v) is 7.96. The van der Waals surface area contributed by atoms with Crippen molar-refractivity contribution in [3.63, 3.8) is 0 Å². The number of methoxy groups -OCH3 is 1. The van der Waals surface area contributed by atoms with Crippen LogP contribution in [0.3, 0.4) is 0 Å². The van der Waals surface area contributed by atoms with Gasteiger partial charge in [0.05, 0.1) is 23.9 Å². The Morgan fingerprint density at radius 1 is 1.19 bits per heavy atom. The molecule has 0 bridgehead atoms. The maximum atomic E-state index is 12.2. The van der Waals surface area contributed by atoms with Gasteiger partial charge in [-0.1, -0.05) is 11.3 Å². The normalized spacial score (nSPS) is 10.7. The molecule has 1 heterocycles. The zero-order valence-electron chi connectivity index (χ0n) is 15.4. The second-order valence-electron chi connectivity index (χ2n) is 5.76. The molecule has 1 amide bonds. The molecule has 2 aromatic carbocycles. The number of aromatic nitrogens is 1. The Morgan fingerprint density at radius 2 is 1.96 bits per heavy atom. The number of thiazole rings is 1. The maximum Gasteiger partial charge on any atom is 0.226 e. The van der Waals surface area contributed by atoms with Crippen LogP contribution in [0.25, 0.3) is 10.2 Å². The fraction of sp³-hybridized carbons (Fsp3) is 0.300. The minimum Gasteiger partial charge on any atom is -0.497 e. The van der Waals surface area contributed by atoms with Crippen molar-refractivity contribution in [2.45, 2.75) is 24.7 Å². The number of carbonyl (C=O) groups excluding carboxylic acids is 1. The highest BCUT2D eigenvalue weighted by atomic mass is 32.2. The Bertz CT molecular complexity index is 894. The molecular weight excluding hydrogens is 380 g/mol. The quantitative estimate of drug-likeness (QED) is 0.393. The highest BCUT2D eigenvalue weighted by Gasteiger charge is 2.09. The predicted octanol–water partition coefficient (Wildman–Crippen LogP) is 5.21. The van der Waals surface area contributed by atoms with Crippen LogP contribution in [0.2, 0.25) is 0 Å². The average molecular weight is 403 g/mol. The van der Waals surface area contributed by atoms with Crippen LogP contribution in [-0.4, -0.2) is 30.4 Å². The van der Waals surface area contributed by atoms with Gasteiger partial charge in [0.2, 0.25) is 5.91 Å². The fourth-order valence-corrected chi connectivity index (χ4v) is 4.25. The van der Waals surface area contributed by atoms with Crippen LogP contribution < -0.4 is 14.8 Å². The van der Waals surface area contributed by atoms with Crippen LogP contribution in [0.4, 0.5) is 5.13 Å². The highest BCUT2D eigenvalue weighted by molar-refractivity contribution is 7.99. The predicted molar refractivity (Wildman–Crippen MR) is 112 cm³/mol. The van der Waals surface area contributed by atoms with Gasteiger partial charge in [0.25, 0.3) is 0 Å². The molecule has 7 heteroatoms. The van der Waals surface area contributed by atoms with Crippen LogP contribution in [0, 0.1) is 0 Å². The van der Waals surface area contributed by atoms with Gasteiger partial charge in [0.15, 0.2) is 5.13 Å². The van der Waals surface area contributed by atoms with Gasteiger partial charge in [-0.2, -0.15) is 0 Å². The Hall–Kier alpha value is -2.25. The molecular formula is C20H22N2O3S2. The van der Waals surface area contributed by atoms with Gasteiger partial charge in [0.1, 0.15) is 11.5 Å².